The summed E-state index contributed by atoms with van der Waals surface area (Å²) in [5, 5.41) is 2.88. The molecule has 0 atom stereocenters. The first-order valence-electron chi connectivity index (χ1n) is 8.72. The molecule has 0 unspecified atom stereocenters. The molecule has 1 N–H and O–H groups in total. The van der Waals surface area contributed by atoms with Crippen LogP contribution in [-0.2, 0) is 19.6 Å². The lowest BCUT2D eigenvalue weighted by molar-refractivity contribution is -0.123. The summed E-state index contributed by atoms with van der Waals surface area (Å²) in [6.07, 6.45) is 2.46. The number of ether oxygens (including phenoxy) is 2. The van der Waals surface area contributed by atoms with Gasteiger partial charge in [0, 0.05) is 32.8 Å². The lowest BCUT2D eigenvalue weighted by Gasteiger charge is -2.16. The Bertz CT molecular complexity index is 705. The van der Waals surface area contributed by atoms with E-state index in [-0.39, 0.29) is 28.2 Å². The lowest BCUT2D eigenvalue weighted by Crippen LogP contribution is -2.30. The normalized spacial score (nSPS) is 15.2. The predicted molar refractivity (Wildman–Crippen MR) is 99.1 cm³/mol. The molecule has 1 aliphatic heterocycles. The molecule has 1 amide bonds. The maximum atomic E-state index is 12.5. The third kappa shape index (κ3) is 5.84. The van der Waals surface area contributed by atoms with Crippen LogP contribution in [0.5, 0.6) is 5.75 Å². The van der Waals surface area contributed by atoms with Crippen molar-refractivity contribution in [2.24, 2.45) is 0 Å². The van der Waals surface area contributed by atoms with E-state index in [1.807, 2.05) is 6.92 Å². The van der Waals surface area contributed by atoms with Crippen LogP contribution in [0.25, 0.3) is 0 Å². The van der Waals surface area contributed by atoms with Crippen molar-refractivity contribution in [1.29, 1.82) is 0 Å². The number of rotatable bonds is 10. The molecule has 1 fully saturated rings. The minimum atomic E-state index is -3.53. The van der Waals surface area contributed by atoms with E-state index >= 15 is 0 Å². The van der Waals surface area contributed by atoms with Gasteiger partial charge in [-0.15, -0.1) is 0 Å². The highest BCUT2D eigenvalue weighted by molar-refractivity contribution is 7.89. The second kappa shape index (κ2) is 10.1. The van der Waals surface area contributed by atoms with E-state index in [1.165, 1.54) is 22.5 Å². The maximum absolute atomic E-state index is 12.5. The van der Waals surface area contributed by atoms with Gasteiger partial charge in [0.05, 0.1) is 9.92 Å². The van der Waals surface area contributed by atoms with Crippen LogP contribution in [0.2, 0.25) is 5.02 Å². The molecule has 1 aromatic rings. The second-order valence-corrected chi connectivity index (χ2v) is 8.24. The van der Waals surface area contributed by atoms with E-state index < -0.39 is 10.0 Å². The summed E-state index contributed by atoms with van der Waals surface area (Å²) in [7, 11) is -3.53. The Morgan fingerprint density at radius 3 is 2.69 bits per heavy atom. The zero-order valence-corrected chi connectivity index (χ0v) is 16.4. The average molecular weight is 405 g/mol. The summed E-state index contributed by atoms with van der Waals surface area (Å²) in [6, 6.07) is 4.30. The van der Waals surface area contributed by atoms with Crippen molar-refractivity contribution in [3.63, 3.8) is 0 Å². The van der Waals surface area contributed by atoms with Crippen LogP contribution in [0.4, 0.5) is 0 Å². The molecule has 0 saturated carbocycles. The van der Waals surface area contributed by atoms with Crippen LogP contribution in [0.1, 0.15) is 26.2 Å². The van der Waals surface area contributed by atoms with E-state index in [0.717, 1.165) is 19.3 Å². The fourth-order valence-corrected chi connectivity index (χ4v) is 4.42. The minimum absolute atomic E-state index is 0.136. The summed E-state index contributed by atoms with van der Waals surface area (Å²) in [4.78, 5) is 11.9. The van der Waals surface area contributed by atoms with Gasteiger partial charge in [-0.3, -0.25) is 4.79 Å². The van der Waals surface area contributed by atoms with E-state index in [9.17, 15) is 13.2 Å². The molecule has 1 aliphatic rings. The van der Waals surface area contributed by atoms with Gasteiger partial charge < -0.3 is 14.8 Å². The summed E-state index contributed by atoms with van der Waals surface area (Å²) < 4.78 is 37.0. The van der Waals surface area contributed by atoms with Crippen LogP contribution in [0.3, 0.4) is 0 Å². The Morgan fingerprint density at radius 2 is 2.04 bits per heavy atom. The number of sulfonamides is 1. The number of carbonyl (C=O) groups excluding carboxylic acids is 1. The summed E-state index contributed by atoms with van der Waals surface area (Å²) in [5.41, 5.74) is 0. The van der Waals surface area contributed by atoms with Crippen molar-refractivity contribution in [3.8, 4) is 5.75 Å². The largest absolute Gasteiger partial charge is 0.482 e. The van der Waals surface area contributed by atoms with Gasteiger partial charge in [0.2, 0.25) is 10.0 Å². The van der Waals surface area contributed by atoms with E-state index in [0.29, 0.717) is 32.8 Å². The average Bonchev–Trinajstić information content (AvgIpc) is 3.16. The number of amides is 1. The quantitative estimate of drug-likeness (QED) is 0.603. The highest BCUT2D eigenvalue weighted by Crippen LogP contribution is 2.29. The zero-order valence-electron chi connectivity index (χ0n) is 14.9. The Kier molecular flexibility index (Phi) is 8.15. The highest BCUT2D eigenvalue weighted by Gasteiger charge is 2.27. The first kappa shape index (κ1) is 21.0. The monoisotopic (exact) mass is 404 g/mol. The number of nitrogens with zero attached hydrogens (tertiary/aromatic N) is 1. The summed E-state index contributed by atoms with van der Waals surface area (Å²) in [6.45, 7) is 4.53. The maximum Gasteiger partial charge on any atom is 0.257 e. The van der Waals surface area contributed by atoms with Crippen LogP contribution in [0, 0.1) is 0 Å². The number of benzene rings is 1. The molecule has 0 aromatic heterocycles. The molecule has 1 saturated heterocycles. The van der Waals surface area contributed by atoms with Crippen LogP contribution < -0.4 is 10.1 Å². The number of halogens is 1. The van der Waals surface area contributed by atoms with Gasteiger partial charge in [-0.2, -0.15) is 4.31 Å². The first-order chi connectivity index (χ1) is 12.4. The second-order valence-electron chi connectivity index (χ2n) is 5.89. The summed E-state index contributed by atoms with van der Waals surface area (Å²) in [5.74, 6) is 0.00262. The number of hydrogen-bond acceptors (Lipinski definition) is 5. The molecule has 0 aliphatic carbocycles. The van der Waals surface area contributed by atoms with Crippen LogP contribution in [0.15, 0.2) is 23.1 Å². The Balaban J connectivity index is 1.86. The Labute approximate surface area is 159 Å². The smallest absolute Gasteiger partial charge is 0.257 e. The fourth-order valence-electron chi connectivity index (χ4n) is 2.58. The molecule has 7 nitrogen and oxygen atoms in total. The molecule has 26 heavy (non-hydrogen) atoms. The molecule has 0 bridgehead atoms. The third-order valence-corrected chi connectivity index (χ3v) is 6.15. The zero-order chi connectivity index (χ0) is 19.0. The molecule has 146 valence electrons. The highest BCUT2D eigenvalue weighted by atomic mass is 35.5. The lowest BCUT2D eigenvalue weighted by atomic mass is 10.3. The minimum Gasteiger partial charge on any atom is -0.482 e. The van der Waals surface area contributed by atoms with Crippen molar-refractivity contribution in [2.45, 2.75) is 31.1 Å². The van der Waals surface area contributed by atoms with E-state index in [1.54, 1.807) is 0 Å². The topological polar surface area (TPSA) is 84.9 Å². The van der Waals surface area contributed by atoms with Crippen LogP contribution >= 0.6 is 11.6 Å². The van der Waals surface area contributed by atoms with Gasteiger partial charge in [-0.1, -0.05) is 11.6 Å². The van der Waals surface area contributed by atoms with Crippen molar-refractivity contribution < 1.29 is 22.7 Å². The van der Waals surface area contributed by atoms with E-state index in [2.05, 4.69) is 5.32 Å². The number of carbonyl (C=O) groups is 1. The Morgan fingerprint density at radius 1 is 1.31 bits per heavy atom. The molecular weight excluding hydrogens is 380 g/mol. The molecule has 2 rings (SSSR count). The van der Waals surface area contributed by atoms with Crippen molar-refractivity contribution in [2.75, 3.05) is 39.5 Å². The van der Waals surface area contributed by atoms with Gasteiger partial charge in [-0.25, -0.2) is 8.42 Å². The number of hydrogen-bond donors (Lipinski definition) is 1. The molecular formula is C17H25ClN2O5S. The summed E-state index contributed by atoms with van der Waals surface area (Å²) >= 11 is 6.13. The molecule has 0 spiro atoms. The van der Waals surface area contributed by atoms with Gasteiger partial charge in [0.15, 0.2) is 6.61 Å². The van der Waals surface area contributed by atoms with Crippen molar-refractivity contribution in [1.82, 2.24) is 9.62 Å². The van der Waals surface area contributed by atoms with Crippen molar-refractivity contribution >= 4 is 27.5 Å². The Hall–Kier alpha value is -1.35. The van der Waals surface area contributed by atoms with Crippen molar-refractivity contribution in [3.05, 3.63) is 23.2 Å². The van der Waals surface area contributed by atoms with Gasteiger partial charge in [-0.05, 0) is 44.4 Å². The molecule has 0 radical (unpaired) electrons. The third-order valence-electron chi connectivity index (χ3n) is 3.96. The standard InChI is InChI=1S/C17H25ClN2O5S/c1-2-24-11-5-8-19-17(21)13-25-16-7-6-14(12-15(16)18)26(22,23)20-9-3-4-10-20/h6-7,12H,2-5,8-11,13H2,1H3,(H,19,21). The first-order valence-corrected chi connectivity index (χ1v) is 10.5. The SMILES string of the molecule is CCOCCCNC(=O)COc1ccc(S(=O)(=O)N2CCCC2)cc1Cl. The molecule has 1 aromatic carbocycles. The van der Waals surface area contributed by atoms with Gasteiger partial charge in [0.25, 0.3) is 5.91 Å². The number of nitrogens with one attached hydrogen (secondary N) is 1. The predicted octanol–water partition coefficient (Wildman–Crippen LogP) is 2.05. The van der Waals surface area contributed by atoms with Gasteiger partial charge >= 0.3 is 0 Å². The molecule has 1 heterocycles. The van der Waals surface area contributed by atoms with Crippen LogP contribution in [-0.4, -0.2) is 58.1 Å². The fraction of sp³-hybridized carbons (Fsp3) is 0.588. The molecule has 9 heteroatoms. The van der Waals surface area contributed by atoms with E-state index in [4.69, 9.17) is 21.1 Å². The van der Waals surface area contributed by atoms with Gasteiger partial charge in [0.1, 0.15) is 5.75 Å².